The van der Waals surface area contributed by atoms with Crippen LogP contribution in [0, 0.1) is 5.92 Å². The number of imidazole rings is 1. The van der Waals surface area contributed by atoms with Gasteiger partial charge in [-0.05, 0) is 49.6 Å². The van der Waals surface area contributed by atoms with E-state index in [-0.39, 0.29) is 17.7 Å². The molecule has 2 aliphatic rings. The molecule has 9 nitrogen and oxygen atoms in total. The molecule has 1 unspecified atom stereocenters. The standard InChI is InChI=1S/C28H27N7O2/c1-2-32-26(27-34-24-14-31-13-22(25(24)35-27)18-7-8-37-15-18)21-10-17(5-6-23(21)29)19-9-20(12-30-11-19)33-28(36)16-3-4-16/h5-12,14-16,22H,2-4,13,29H2,1H3,(H,33,36)(H,34,35). The van der Waals surface area contributed by atoms with Gasteiger partial charge in [-0.1, -0.05) is 6.07 Å². The van der Waals surface area contributed by atoms with E-state index in [1.807, 2.05) is 37.3 Å². The van der Waals surface area contributed by atoms with E-state index in [0.717, 1.165) is 46.5 Å². The monoisotopic (exact) mass is 493 g/mol. The van der Waals surface area contributed by atoms with Crippen molar-refractivity contribution in [1.29, 1.82) is 0 Å². The number of nitrogens with two attached hydrogens (primary N) is 1. The van der Waals surface area contributed by atoms with Crippen LogP contribution in [0.25, 0.3) is 11.1 Å². The normalized spacial score (nSPS) is 17.0. The average molecular weight is 494 g/mol. The third-order valence-electron chi connectivity index (χ3n) is 6.69. The maximum atomic E-state index is 12.2. The number of aliphatic imine (C=N–C) groups is 2. The molecule has 0 bridgehead atoms. The predicted octanol–water partition coefficient (Wildman–Crippen LogP) is 4.42. The molecule has 1 aliphatic heterocycles. The van der Waals surface area contributed by atoms with Crippen LogP contribution in [0.2, 0.25) is 0 Å². The molecule has 1 saturated carbocycles. The van der Waals surface area contributed by atoms with Crippen LogP contribution in [0.15, 0.2) is 69.7 Å². The number of anilines is 2. The summed E-state index contributed by atoms with van der Waals surface area (Å²) in [5.74, 6) is 0.845. The van der Waals surface area contributed by atoms with E-state index in [0.29, 0.717) is 36.0 Å². The van der Waals surface area contributed by atoms with E-state index >= 15 is 0 Å². The van der Waals surface area contributed by atoms with Crippen molar-refractivity contribution in [3.8, 4) is 11.1 Å². The zero-order valence-corrected chi connectivity index (χ0v) is 20.4. The average Bonchev–Trinajstić information content (AvgIpc) is 3.45. The molecule has 186 valence electrons. The van der Waals surface area contributed by atoms with Gasteiger partial charge in [0.15, 0.2) is 5.82 Å². The maximum Gasteiger partial charge on any atom is 0.227 e. The second-order valence-corrected chi connectivity index (χ2v) is 9.34. The number of carbonyl (C=O) groups excluding carboxylic acids is 1. The summed E-state index contributed by atoms with van der Waals surface area (Å²) < 4.78 is 5.31. The lowest BCUT2D eigenvalue weighted by molar-refractivity contribution is -0.117. The van der Waals surface area contributed by atoms with Gasteiger partial charge in [-0.2, -0.15) is 0 Å². The van der Waals surface area contributed by atoms with Crippen LogP contribution >= 0.6 is 0 Å². The smallest absolute Gasteiger partial charge is 0.227 e. The highest BCUT2D eigenvalue weighted by molar-refractivity contribution is 6.14. The van der Waals surface area contributed by atoms with Crippen molar-refractivity contribution in [2.75, 3.05) is 24.1 Å². The third kappa shape index (κ3) is 4.55. The number of amides is 1. The number of H-pyrrole nitrogens is 1. The van der Waals surface area contributed by atoms with Gasteiger partial charge in [0, 0.05) is 53.2 Å². The molecule has 0 radical (unpaired) electrons. The van der Waals surface area contributed by atoms with Gasteiger partial charge < -0.3 is 20.5 Å². The lowest BCUT2D eigenvalue weighted by atomic mass is 9.95. The van der Waals surface area contributed by atoms with Crippen molar-refractivity contribution in [2.45, 2.75) is 25.7 Å². The molecule has 4 N–H and O–H groups in total. The lowest BCUT2D eigenvalue weighted by Gasteiger charge is -2.15. The highest BCUT2D eigenvalue weighted by Crippen LogP contribution is 2.32. The van der Waals surface area contributed by atoms with Gasteiger partial charge in [-0.3, -0.25) is 19.8 Å². The lowest BCUT2D eigenvalue weighted by Crippen LogP contribution is -2.13. The van der Waals surface area contributed by atoms with Crippen LogP contribution in [-0.2, 0) is 4.79 Å². The van der Waals surface area contributed by atoms with Crippen molar-refractivity contribution >= 4 is 29.2 Å². The number of rotatable bonds is 7. The van der Waals surface area contributed by atoms with Crippen molar-refractivity contribution in [3.05, 3.63) is 83.6 Å². The number of aromatic nitrogens is 3. The SMILES string of the molecule is CCN=C(c1nc2c([nH]1)C(c1ccoc1)CN=C2)c1cc(-c2cncc(NC(=O)C3CC3)c2)ccc1N. The minimum absolute atomic E-state index is 0.0335. The van der Waals surface area contributed by atoms with Crippen molar-refractivity contribution < 1.29 is 9.21 Å². The quantitative estimate of drug-likeness (QED) is 0.259. The minimum atomic E-state index is 0.0335. The Bertz CT molecular complexity index is 1510. The molecule has 1 atom stereocenters. The van der Waals surface area contributed by atoms with Crippen LogP contribution in [0.3, 0.4) is 0 Å². The molecule has 0 spiro atoms. The molecule has 37 heavy (non-hydrogen) atoms. The summed E-state index contributed by atoms with van der Waals surface area (Å²) in [6, 6.07) is 9.69. The van der Waals surface area contributed by atoms with Crippen molar-refractivity contribution in [3.63, 3.8) is 0 Å². The molecule has 0 saturated heterocycles. The molecule has 1 amide bonds. The first kappa shape index (κ1) is 22.9. The van der Waals surface area contributed by atoms with Crippen LogP contribution in [-0.4, -0.2) is 45.9 Å². The Morgan fingerprint density at radius 3 is 2.89 bits per heavy atom. The van der Waals surface area contributed by atoms with E-state index in [4.69, 9.17) is 20.1 Å². The number of hydrogen-bond donors (Lipinski definition) is 3. The van der Waals surface area contributed by atoms with E-state index in [9.17, 15) is 4.79 Å². The van der Waals surface area contributed by atoms with Crippen LogP contribution < -0.4 is 11.1 Å². The molecular formula is C28H27N7O2. The van der Waals surface area contributed by atoms with Crippen LogP contribution in [0.4, 0.5) is 11.4 Å². The van der Waals surface area contributed by atoms with Crippen molar-refractivity contribution in [1.82, 2.24) is 15.0 Å². The second kappa shape index (κ2) is 9.50. The number of furan rings is 1. The summed E-state index contributed by atoms with van der Waals surface area (Å²) in [5, 5.41) is 2.97. The van der Waals surface area contributed by atoms with Gasteiger partial charge in [0.25, 0.3) is 0 Å². The summed E-state index contributed by atoms with van der Waals surface area (Å²) in [6.45, 7) is 3.16. The number of aromatic amines is 1. The molecule has 4 aromatic rings. The number of nitrogen functional groups attached to an aromatic ring is 1. The first-order chi connectivity index (χ1) is 18.1. The molecule has 6 rings (SSSR count). The van der Waals surface area contributed by atoms with Gasteiger partial charge in [0.05, 0.1) is 36.6 Å². The summed E-state index contributed by atoms with van der Waals surface area (Å²) in [4.78, 5) is 34.2. The first-order valence-electron chi connectivity index (χ1n) is 12.4. The minimum Gasteiger partial charge on any atom is -0.472 e. The molecular weight excluding hydrogens is 466 g/mol. The summed E-state index contributed by atoms with van der Waals surface area (Å²) in [7, 11) is 0. The summed E-state index contributed by atoms with van der Waals surface area (Å²) >= 11 is 0. The maximum absolute atomic E-state index is 12.2. The number of benzene rings is 1. The van der Waals surface area contributed by atoms with E-state index in [1.165, 1.54) is 0 Å². The Balaban J connectivity index is 1.36. The van der Waals surface area contributed by atoms with Gasteiger partial charge in [-0.15, -0.1) is 0 Å². The summed E-state index contributed by atoms with van der Waals surface area (Å²) in [5.41, 5.74) is 13.8. The third-order valence-corrected chi connectivity index (χ3v) is 6.69. The summed E-state index contributed by atoms with van der Waals surface area (Å²) in [6.07, 6.45) is 10.5. The molecule has 3 aromatic heterocycles. The topological polar surface area (TPSA) is 135 Å². The van der Waals surface area contributed by atoms with Crippen LogP contribution in [0.1, 0.15) is 54.0 Å². The van der Waals surface area contributed by atoms with Gasteiger partial charge >= 0.3 is 0 Å². The number of nitrogens with zero attached hydrogens (tertiary/aromatic N) is 4. The Morgan fingerprint density at radius 1 is 1.22 bits per heavy atom. The number of carbonyl (C=O) groups is 1. The predicted molar refractivity (Wildman–Crippen MR) is 143 cm³/mol. The highest BCUT2D eigenvalue weighted by Gasteiger charge is 2.30. The second-order valence-electron chi connectivity index (χ2n) is 9.34. The van der Waals surface area contributed by atoms with E-state index < -0.39 is 0 Å². The molecule has 1 fully saturated rings. The van der Waals surface area contributed by atoms with Gasteiger partial charge in [0.2, 0.25) is 5.91 Å². The number of nitrogens with one attached hydrogen (secondary N) is 2. The van der Waals surface area contributed by atoms with Gasteiger partial charge in [-0.25, -0.2) is 4.98 Å². The number of fused-ring (bicyclic) bond motifs is 1. The Labute approximate surface area is 214 Å². The zero-order chi connectivity index (χ0) is 25.4. The zero-order valence-electron chi connectivity index (χ0n) is 20.4. The fourth-order valence-corrected chi connectivity index (χ4v) is 4.60. The Hall–Kier alpha value is -4.53. The number of hydrogen-bond acceptors (Lipinski definition) is 7. The fraction of sp³-hybridized carbons (Fsp3) is 0.250. The fourth-order valence-electron chi connectivity index (χ4n) is 4.60. The van der Waals surface area contributed by atoms with Gasteiger partial charge in [0.1, 0.15) is 11.4 Å². The van der Waals surface area contributed by atoms with Crippen LogP contribution in [0.5, 0.6) is 0 Å². The number of pyridine rings is 1. The molecule has 1 aliphatic carbocycles. The molecule has 1 aromatic carbocycles. The Kier molecular flexibility index (Phi) is 5.88. The largest absolute Gasteiger partial charge is 0.472 e. The van der Waals surface area contributed by atoms with E-state index in [1.54, 1.807) is 31.1 Å². The highest BCUT2D eigenvalue weighted by atomic mass is 16.3. The first-order valence-corrected chi connectivity index (χ1v) is 12.4. The van der Waals surface area contributed by atoms with E-state index in [2.05, 4.69) is 20.3 Å². The Morgan fingerprint density at radius 2 is 2.11 bits per heavy atom. The molecule has 9 heteroatoms. The molecule has 4 heterocycles. The van der Waals surface area contributed by atoms with Crippen molar-refractivity contribution in [2.24, 2.45) is 15.9 Å².